The highest BCUT2D eigenvalue weighted by molar-refractivity contribution is 5.67. The number of rotatable bonds is 10. The van der Waals surface area contributed by atoms with E-state index in [1.807, 2.05) is 36.4 Å². The molecule has 0 unspecified atom stereocenters. The highest BCUT2D eigenvalue weighted by Crippen LogP contribution is 2.33. The molecule has 15 heteroatoms. The van der Waals surface area contributed by atoms with Gasteiger partial charge in [-0.25, -0.2) is 9.36 Å². The van der Waals surface area contributed by atoms with Crippen LogP contribution in [0.25, 0.3) is 5.69 Å². The monoisotopic (exact) mass is 608 g/mol. The van der Waals surface area contributed by atoms with Crippen LogP contribution < -0.4 is 4.74 Å². The molecule has 4 heterocycles. The molecule has 0 fully saturated rings. The smallest absolute Gasteiger partial charge is 0.303 e. The molecule has 0 amide bonds. The highest BCUT2D eigenvalue weighted by atomic mass is 16.6. The van der Waals surface area contributed by atoms with Crippen LogP contribution in [0.1, 0.15) is 50.4 Å². The minimum atomic E-state index is -0.746. The molecule has 0 radical (unpaired) electrons. The summed E-state index contributed by atoms with van der Waals surface area (Å²) in [5, 5.41) is 17.1. The summed E-state index contributed by atoms with van der Waals surface area (Å²) in [6.45, 7) is 3.73. The molecule has 6 atom stereocenters. The first-order chi connectivity index (χ1) is 21.2. The van der Waals surface area contributed by atoms with Crippen LogP contribution in [-0.2, 0) is 38.1 Å². The van der Waals surface area contributed by atoms with E-state index in [0.29, 0.717) is 11.4 Å². The molecule has 0 bridgehead atoms. The van der Waals surface area contributed by atoms with Crippen molar-refractivity contribution in [2.75, 3.05) is 20.3 Å². The van der Waals surface area contributed by atoms with E-state index in [-0.39, 0.29) is 13.2 Å². The van der Waals surface area contributed by atoms with Crippen LogP contribution >= 0.6 is 0 Å². The van der Waals surface area contributed by atoms with Gasteiger partial charge in [-0.2, -0.15) is 0 Å². The lowest BCUT2D eigenvalue weighted by atomic mass is 10.0. The molecular formula is C29H32N6O9. The molecule has 232 valence electrons. The molecule has 44 heavy (non-hydrogen) atoms. The van der Waals surface area contributed by atoms with E-state index in [2.05, 4.69) is 20.6 Å². The van der Waals surface area contributed by atoms with Crippen molar-refractivity contribution in [3.63, 3.8) is 0 Å². The lowest BCUT2D eigenvalue weighted by Gasteiger charge is -2.31. The molecule has 1 aromatic carbocycles. The van der Waals surface area contributed by atoms with Gasteiger partial charge in [0.25, 0.3) is 0 Å². The van der Waals surface area contributed by atoms with Crippen LogP contribution in [0.3, 0.4) is 0 Å². The number of esters is 3. The minimum absolute atomic E-state index is 0.0446. The predicted molar refractivity (Wildman–Crippen MR) is 149 cm³/mol. The Bertz CT molecular complexity index is 1530. The van der Waals surface area contributed by atoms with Gasteiger partial charge in [0, 0.05) is 20.8 Å². The Morgan fingerprint density at radius 1 is 0.773 bits per heavy atom. The van der Waals surface area contributed by atoms with E-state index >= 15 is 0 Å². The highest BCUT2D eigenvalue weighted by Gasteiger charge is 2.35. The summed E-state index contributed by atoms with van der Waals surface area (Å²) in [6.07, 6.45) is 7.17. The molecule has 2 aliphatic rings. The molecule has 0 spiro atoms. The molecule has 0 saturated carbocycles. The summed E-state index contributed by atoms with van der Waals surface area (Å²) in [4.78, 5) is 34.6. The second kappa shape index (κ2) is 13.6. The number of aromatic nitrogens is 6. The number of methoxy groups -OCH3 is 1. The lowest BCUT2D eigenvalue weighted by molar-refractivity contribution is -0.163. The first-order valence-electron chi connectivity index (χ1n) is 13.8. The maximum absolute atomic E-state index is 11.7. The maximum atomic E-state index is 11.7. The maximum Gasteiger partial charge on any atom is 0.303 e. The Kier molecular flexibility index (Phi) is 9.45. The van der Waals surface area contributed by atoms with E-state index in [4.69, 9.17) is 28.4 Å². The number of benzene rings is 1. The van der Waals surface area contributed by atoms with Crippen LogP contribution in [0, 0.1) is 0 Å². The predicted octanol–water partition coefficient (Wildman–Crippen LogP) is 2.16. The topological polar surface area (TPSA) is 168 Å². The molecule has 2 aliphatic heterocycles. The fourth-order valence-electron chi connectivity index (χ4n) is 4.71. The zero-order valence-corrected chi connectivity index (χ0v) is 24.5. The third-order valence-electron chi connectivity index (χ3n) is 6.82. The van der Waals surface area contributed by atoms with E-state index in [9.17, 15) is 14.4 Å². The SMILES string of the molecule is COc1ccc(-n2cc([C@@H]3C=C[C@H](n4cc([C@@H]5C=C[C@H](OC(C)=O)[C@@H](COC(C)=O)O5)nn4)[C@@H](COC(C)=O)O3)nn2)cc1. The fourth-order valence-corrected chi connectivity index (χ4v) is 4.71. The van der Waals surface area contributed by atoms with Crippen molar-refractivity contribution in [1.82, 2.24) is 30.0 Å². The van der Waals surface area contributed by atoms with Gasteiger partial charge in [-0.15, -0.1) is 10.2 Å². The molecule has 15 nitrogen and oxygen atoms in total. The van der Waals surface area contributed by atoms with Crippen molar-refractivity contribution in [1.29, 1.82) is 0 Å². The van der Waals surface area contributed by atoms with Crippen LogP contribution in [0.5, 0.6) is 5.75 Å². The van der Waals surface area contributed by atoms with Crippen molar-refractivity contribution < 1.29 is 42.8 Å². The first kappa shape index (κ1) is 30.6. The van der Waals surface area contributed by atoms with Gasteiger partial charge in [-0.1, -0.05) is 22.6 Å². The molecule has 3 aromatic rings. The van der Waals surface area contributed by atoms with Crippen molar-refractivity contribution in [2.24, 2.45) is 0 Å². The van der Waals surface area contributed by atoms with Gasteiger partial charge in [0.05, 0.1) is 25.2 Å². The number of carbonyl (C=O) groups excluding carboxylic acids is 3. The summed E-state index contributed by atoms with van der Waals surface area (Å²) in [6, 6.07) is 6.88. The van der Waals surface area contributed by atoms with Crippen LogP contribution in [0.2, 0.25) is 0 Å². The number of carbonyl (C=O) groups is 3. The van der Waals surface area contributed by atoms with Gasteiger partial charge in [0.15, 0.2) is 0 Å². The molecule has 0 aliphatic carbocycles. The van der Waals surface area contributed by atoms with E-state index in [0.717, 1.165) is 11.4 Å². The number of nitrogens with zero attached hydrogens (tertiary/aromatic N) is 6. The Balaban J connectivity index is 1.33. The van der Waals surface area contributed by atoms with Crippen molar-refractivity contribution in [2.45, 2.75) is 57.3 Å². The zero-order valence-electron chi connectivity index (χ0n) is 24.5. The third kappa shape index (κ3) is 7.36. The largest absolute Gasteiger partial charge is 0.497 e. The Morgan fingerprint density at radius 2 is 1.39 bits per heavy atom. The second-order valence-corrected chi connectivity index (χ2v) is 10.0. The summed E-state index contributed by atoms with van der Waals surface area (Å²) in [7, 11) is 1.60. The number of hydrogen-bond donors (Lipinski definition) is 0. The molecule has 2 aromatic heterocycles. The van der Waals surface area contributed by atoms with Crippen molar-refractivity contribution >= 4 is 17.9 Å². The Hall–Kier alpha value is -4.89. The van der Waals surface area contributed by atoms with Crippen molar-refractivity contribution in [3.8, 4) is 11.4 Å². The second-order valence-electron chi connectivity index (χ2n) is 10.0. The minimum Gasteiger partial charge on any atom is -0.497 e. The lowest BCUT2D eigenvalue weighted by Crippen LogP contribution is -2.39. The van der Waals surface area contributed by atoms with Gasteiger partial charge in [0.1, 0.15) is 66.9 Å². The molecule has 0 N–H and O–H groups in total. The van der Waals surface area contributed by atoms with Crippen molar-refractivity contribution in [3.05, 3.63) is 72.4 Å². The number of hydrogen-bond acceptors (Lipinski definition) is 13. The van der Waals surface area contributed by atoms with E-state index in [1.54, 1.807) is 41.0 Å². The normalized spacial score (nSPS) is 24.5. The van der Waals surface area contributed by atoms with Gasteiger partial charge >= 0.3 is 17.9 Å². The van der Waals surface area contributed by atoms with Gasteiger partial charge in [0.2, 0.25) is 0 Å². The molecule has 5 rings (SSSR count). The van der Waals surface area contributed by atoms with Gasteiger partial charge < -0.3 is 28.4 Å². The van der Waals surface area contributed by atoms with Crippen LogP contribution in [-0.4, -0.2) is 86.5 Å². The summed E-state index contributed by atoms with van der Waals surface area (Å²) >= 11 is 0. The third-order valence-corrected chi connectivity index (χ3v) is 6.82. The summed E-state index contributed by atoms with van der Waals surface area (Å²) < 4.78 is 36.5. The first-order valence-corrected chi connectivity index (χ1v) is 13.8. The molecule has 0 saturated heterocycles. The van der Waals surface area contributed by atoms with Gasteiger partial charge in [-0.3, -0.25) is 14.4 Å². The zero-order chi connectivity index (χ0) is 31.2. The van der Waals surface area contributed by atoms with Crippen LogP contribution in [0.4, 0.5) is 0 Å². The standard InChI is InChI=1S/C29H32N6O9/c1-17(36)40-15-28-24(9-10-25(43-28)22-13-34(32-30-22)20-5-7-21(39-4)8-6-20)35-14-23(31-33-35)26-11-12-27(42-19(3)38)29(44-26)16-41-18(2)37/h5-14,24-29H,15-16H2,1-4H3/t24-,25-,26-,27-,28+,29+/m0/s1. The summed E-state index contributed by atoms with van der Waals surface area (Å²) in [5.41, 5.74) is 1.81. The average molecular weight is 609 g/mol. The quantitative estimate of drug-likeness (QED) is 0.187. The Morgan fingerprint density at radius 3 is 2.05 bits per heavy atom. The number of ether oxygens (including phenoxy) is 6. The molecular weight excluding hydrogens is 576 g/mol. The van der Waals surface area contributed by atoms with E-state index in [1.165, 1.54) is 20.8 Å². The average Bonchev–Trinajstić information content (AvgIpc) is 3.70. The fraction of sp³-hybridized carbons (Fsp3) is 0.414. The summed E-state index contributed by atoms with van der Waals surface area (Å²) in [5.74, 6) is -0.714. The van der Waals surface area contributed by atoms with Crippen LogP contribution in [0.15, 0.2) is 61.0 Å². The van der Waals surface area contributed by atoms with E-state index < -0.39 is 54.5 Å². The Labute approximate surface area is 252 Å². The van der Waals surface area contributed by atoms with Gasteiger partial charge in [-0.05, 0) is 36.4 Å².